The Kier molecular flexibility index (Phi) is 4.55. The van der Waals surface area contributed by atoms with Gasteiger partial charge in [0.2, 0.25) is 5.88 Å². The normalized spacial score (nSPS) is 10.2. The SMILES string of the molecule is Oc1ccc(OCCOCc2ccccc2)nc1. The molecule has 0 saturated heterocycles. The fourth-order valence-corrected chi connectivity index (χ4v) is 1.43. The topological polar surface area (TPSA) is 51.6 Å². The van der Waals surface area contributed by atoms with Gasteiger partial charge in [0, 0.05) is 6.07 Å². The van der Waals surface area contributed by atoms with Crippen molar-refractivity contribution < 1.29 is 14.6 Å². The lowest BCUT2D eigenvalue weighted by Gasteiger charge is -2.06. The molecule has 0 unspecified atom stereocenters. The van der Waals surface area contributed by atoms with Gasteiger partial charge >= 0.3 is 0 Å². The van der Waals surface area contributed by atoms with Gasteiger partial charge in [-0.15, -0.1) is 0 Å². The summed E-state index contributed by atoms with van der Waals surface area (Å²) < 4.78 is 10.8. The van der Waals surface area contributed by atoms with Crippen molar-refractivity contribution in [2.45, 2.75) is 6.61 Å². The van der Waals surface area contributed by atoms with Gasteiger partial charge in [0.25, 0.3) is 0 Å². The summed E-state index contributed by atoms with van der Waals surface area (Å²) >= 11 is 0. The smallest absolute Gasteiger partial charge is 0.213 e. The number of aromatic hydroxyl groups is 1. The van der Waals surface area contributed by atoms with E-state index in [0.717, 1.165) is 5.56 Å². The highest BCUT2D eigenvalue weighted by atomic mass is 16.5. The Morgan fingerprint density at radius 3 is 2.56 bits per heavy atom. The third-order valence-electron chi connectivity index (χ3n) is 2.31. The molecule has 2 aromatic rings. The lowest BCUT2D eigenvalue weighted by Crippen LogP contribution is -2.07. The van der Waals surface area contributed by atoms with E-state index in [1.807, 2.05) is 30.3 Å². The minimum absolute atomic E-state index is 0.127. The molecule has 18 heavy (non-hydrogen) atoms. The lowest BCUT2D eigenvalue weighted by atomic mass is 10.2. The average molecular weight is 245 g/mol. The summed E-state index contributed by atoms with van der Waals surface area (Å²) in [4.78, 5) is 3.91. The number of hydrogen-bond acceptors (Lipinski definition) is 4. The van der Waals surface area contributed by atoms with E-state index in [4.69, 9.17) is 14.6 Å². The van der Waals surface area contributed by atoms with Crippen LogP contribution in [0.1, 0.15) is 5.56 Å². The maximum absolute atomic E-state index is 9.05. The van der Waals surface area contributed by atoms with Gasteiger partial charge < -0.3 is 14.6 Å². The van der Waals surface area contributed by atoms with E-state index in [1.54, 1.807) is 6.07 Å². The summed E-state index contributed by atoms with van der Waals surface area (Å²) in [6.07, 6.45) is 1.35. The number of aromatic nitrogens is 1. The molecular formula is C14H15NO3. The van der Waals surface area contributed by atoms with E-state index in [2.05, 4.69) is 4.98 Å². The Morgan fingerprint density at radius 2 is 1.83 bits per heavy atom. The summed E-state index contributed by atoms with van der Waals surface area (Å²) in [5.74, 6) is 0.610. The molecule has 0 fully saturated rings. The molecule has 4 heteroatoms. The maximum Gasteiger partial charge on any atom is 0.213 e. The molecule has 0 spiro atoms. The average Bonchev–Trinajstić information content (AvgIpc) is 2.42. The van der Waals surface area contributed by atoms with Gasteiger partial charge in [0.15, 0.2) is 0 Å². The first-order valence-corrected chi connectivity index (χ1v) is 5.74. The van der Waals surface area contributed by atoms with E-state index >= 15 is 0 Å². The molecule has 0 saturated carbocycles. The summed E-state index contributed by atoms with van der Waals surface area (Å²) in [6.45, 7) is 1.51. The molecule has 0 atom stereocenters. The molecule has 1 N–H and O–H groups in total. The number of hydrogen-bond donors (Lipinski definition) is 1. The molecule has 1 heterocycles. The van der Waals surface area contributed by atoms with Gasteiger partial charge in [-0.05, 0) is 11.6 Å². The highest BCUT2D eigenvalue weighted by molar-refractivity contribution is 5.21. The molecule has 0 aliphatic heterocycles. The minimum atomic E-state index is 0.127. The van der Waals surface area contributed by atoms with Gasteiger partial charge in [-0.1, -0.05) is 30.3 Å². The molecule has 0 amide bonds. The number of pyridine rings is 1. The lowest BCUT2D eigenvalue weighted by molar-refractivity contribution is 0.0874. The van der Waals surface area contributed by atoms with Crippen LogP contribution in [0.3, 0.4) is 0 Å². The third-order valence-corrected chi connectivity index (χ3v) is 2.31. The third kappa shape index (κ3) is 4.07. The first-order chi connectivity index (χ1) is 8.84. The second-order valence-electron chi connectivity index (χ2n) is 3.74. The van der Waals surface area contributed by atoms with Gasteiger partial charge in [0.05, 0.1) is 19.4 Å². The molecule has 2 rings (SSSR count). The Hall–Kier alpha value is -2.07. The van der Waals surface area contributed by atoms with Crippen LogP contribution in [0.2, 0.25) is 0 Å². The predicted molar refractivity (Wildman–Crippen MR) is 67.5 cm³/mol. The van der Waals surface area contributed by atoms with Crippen LogP contribution in [-0.4, -0.2) is 23.3 Å². The van der Waals surface area contributed by atoms with E-state index in [-0.39, 0.29) is 5.75 Å². The van der Waals surface area contributed by atoms with E-state index in [0.29, 0.717) is 25.7 Å². The van der Waals surface area contributed by atoms with Crippen molar-refractivity contribution >= 4 is 0 Å². The van der Waals surface area contributed by atoms with Crippen LogP contribution in [0.25, 0.3) is 0 Å². The van der Waals surface area contributed by atoms with Crippen LogP contribution in [0, 0.1) is 0 Å². The molecule has 0 radical (unpaired) electrons. The minimum Gasteiger partial charge on any atom is -0.506 e. The van der Waals surface area contributed by atoms with Gasteiger partial charge in [-0.3, -0.25) is 0 Å². The summed E-state index contributed by atoms with van der Waals surface area (Å²) in [5.41, 5.74) is 1.14. The molecule has 0 bridgehead atoms. The second-order valence-corrected chi connectivity index (χ2v) is 3.74. The van der Waals surface area contributed by atoms with E-state index < -0.39 is 0 Å². The molecular weight excluding hydrogens is 230 g/mol. The molecule has 1 aromatic heterocycles. The molecule has 94 valence electrons. The first kappa shape index (κ1) is 12.4. The van der Waals surface area contributed by atoms with Crippen LogP contribution >= 0.6 is 0 Å². The quantitative estimate of drug-likeness (QED) is 0.794. The summed E-state index contributed by atoms with van der Waals surface area (Å²) in [7, 11) is 0. The van der Waals surface area contributed by atoms with Gasteiger partial charge in [-0.2, -0.15) is 0 Å². The predicted octanol–water partition coefficient (Wildman–Crippen LogP) is 2.38. The number of ether oxygens (including phenoxy) is 2. The summed E-state index contributed by atoms with van der Waals surface area (Å²) in [5, 5.41) is 9.05. The second kappa shape index (κ2) is 6.61. The van der Waals surface area contributed by atoms with Gasteiger partial charge in [0.1, 0.15) is 12.4 Å². The highest BCUT2D eigenvalue weighted by Crippen LogP contribution is 2.11. The van der Waals surface area contributed by atoms with Crippen molar-refractivity contribution in [1.29, 1.82) is 0 Å². The van der Waals surface area contributed by atoms with Crippen molar-refractivity contribution in [3.05, 3.63) is 54.2 Å². The van der Waals surface area contributed by atoms with Crippen molar-refractivity contribution in [1.82, 2.24) is 4.98 Å². The fraction of sp³-hybridized carbons (Fsp3) is 0.214. The zero-order chi connectivity index (χ0) is 12.6. The van der Waals surface area contributed by atoms with E-state index in [9.17, 15) is 0 Å². The van der Waals surface area contributed by atoms with Crippen molar-refractivity contribution in [2.75, 3.05) is 13.2 Å². The van der Waals surface area contributed by atoms with E-state index in [1.165, 1.54) is 12.3 Å². The largest absolute Gasteiger partial charge is 0.506 e. The van der Waals surface area contributed by atoms with Crippen LogP contribution in [0.5, 0.6) is 11.6 Å². The van der Waals surface area contributed by atoms with Crippen molar-refractivity contribution in [3.63, 3.8) is 0 Å². The number of benzene rings is 1. The molecule has 0 aliphatic carbocycles. The van der Waals surface area contributed by atoms with Crippen LogP contribution in [-0.2, 0) is 11.3 Å². The zero-order valence-corrected chi connectivity index (χ0v) is 9.95. The molecule has 4 nitrogen and oxygen atoms in total. The Bertz CT molecular complexity index is 456. The highest BCUT2D eigenvalue weighted by Gasteiger charge is 1.96. The molecule has 0 aliphatic rings. The Labute approximate surface area is 106 Å². The standard InChI is InChI=1S/C14H15NO3/c16-13-6-7-14(15-10-13)18-9-8-17-11-12-4-2-1-3-5-12/h1-7,10,16H,8-9,11H2. The monoisotopic (exact) mass is 245 g/mol. The van der Waals surface area contributed by atoms with Gasteiger partial charge in [-0.25, -0.2) is 4.98 Å². The fourth-order valence-electron chi connectivity index (χ4n) is 1.43. The number of rotatable bonds is 6. The Balaban J connectivity index is 1.63. The number of nitrogens with zero attached hydrogens (tertiary/aromatic N) is 1. The first-order valence-electron chi connectivity index (χ1n) is 5.74. The Morgan fingerprint density at radius 1 is 1.00 bits per heavy atom. The van der Waals surface area contributed by atoms with Crippen molar-refractivity contribution in [3.8, 4) is 11.6 Å². The maximum atomic E-state index is 9.05. The summed E-state index contributed by atoms with van der Waals surface area (Å²) in [6, 6.07) is 13.1. The van der Waals surface area contributed by atoms with Crippen molar-refractivity contribution in [2.24, 2.45) is 0 Å². The van der Waals surface area contributed by atoms with Crippen LogP contribution < -0.4 is 4.74 Å². The zero-order valence-electron chi connectivity index (χ0n) is 9.95. The molecule has 1 aromatic carbocycles. The van der Waals surface area contributed by atoms with Crippen LogP contribution in [0.4, 0.5) is 0 Å². The van der Waals surface area contributed by atoms with Crippen LogP contribution in [0.15, 0.2) is 48.7 Å².